The second kappa shape index (κ2) is 4.81. The van der Waals surface area contributed by atoms with Crippen LogP contribution in [0.15, 0.2) is 36.4 Å². The maximum absolute atomic E-state index is 5.72. The first-order valence-electron chi connectivity index (χ1n) is 4.71. The molecule has 0 saturated carbocycles. The minimum atomic E-state index is 0.189. The summed E-state index contributed by atoms with van der Waals surface area (Å²) in [4.78, 5) is 7.81. The molecule has 0 atom stereocenters. The number of aromatic nitrogens is 2. The largest absolute Gasteiger partial charge is 0.459 e. The van der Waals surface area contributed by atoms with E-state index in [9.17, 15) is 0 Å². The third kappa shape index (κ3) is 2.84. The Kier molecular flexibility index (Phi) is 3.22. The summed E-state index contributed by atoms with van der Waals surface area (Å²) in [6.07, 6.45) is 0. The maximum Gasteiger partial charge on any atom is 0.320 e. The van der Waals surface area contributed by atoms with Crippen LogP contribution in [0.3, 0.4) is 0 Å². The summed E-state index contributed by atoms with van der Waals surface area (Å²) in [5.41, 5.74) is 6.54. The molecule has 0 fully saturated rings. The number of nitrogen functional groups attached to an aromatic ring is 1. The highest BCUT2D eigenvalue weighted by Gasteiger charge is 2.02. The number of hydrogen-bond donors (Lipinski definition) is 1. The van der Waals surface area contributed by atoms with Gasteiger partial charge in [0.2, 0.25) is 0 Å². The molecule has 0 radical (unpaired) electrons. The summed E-state index contributed by atoms with van der Waals surface area (Å²) in [5, 5.41) is 0.274. The standard InChI is InChI=1S/C11H10ClN3O/c12-9-6-10(13)15-11(14-9)16-7-8-4-2-1-3-5-8/h1-6H,7H2,(H2,13,14,15). The monoisotopic (exact) mass is 235 g/mol. The predicted octanol–water partition coefficient (Wildman–Crippen LogP) is 2.29. The molecule has 4 nitrogen and oxygen atoms in total. The molecule has 1 aromatic heterocycles. The Morgan fingerprint density at radius 3 is 2.62 bits per heavy atom. The molecule has 2 rings (SSSR count). The smallest absolute Gasteiger partial charge is 0.320 e. The normalized spacial score (nSPS) is 10.1. The SMILES string of the molecule is Nc1cc(Cl)nc(OCc2ccccc2)n1. The van der Waals surface area contributed by atoms with Crippen LogP contribution in [0.2, 0.25) is 5.15 Å². The summed E-state index contributed by atoms with van der Waals surface area (Å²) in [6.45, 7) is 0.390. The zero-order valence-electron chi connectivity index (χ0n) is 8.43. The average molecular weight is 236 g/mol. The molecule has 0 unspecified atom stereocenters. The molecule has 1 heterocycles. The number of hydrogen-bond acceptors (Lipinski definition) is 4. The fourth-order valence-corrected chi connectivity index (χ4v) is 1.38. The number of anilines is 1. The second-order valence-electron chi connectivity index (χ2n) is 3.17. The van der Waals surface area contributed by atoms with Crippen LogP contribution in [0.5, 0.6) is 6.01 Å². The number of nitrogens with two attached hydrogens (primary N) is 1. The molecule has 0 aliphatic carbocycles. The molecule has 0 amide bonds. The van der Waals surface area contributed by atoms with Crippen LogP contribution >= 0.6 is 11.6 Å². The molecule has 0 aliphatic heterocycles. The van der Waals surface area contributed by atoms with Crippen molar-refractivity contribution in [2.75, 3.05) is 5.73 Å². The van der Waals surface area contributed by atoms with Gasteiger partial charge < -0.3 is 10.5 Å². The van der Waals surface area contributed by atoms with E-state index in [-0.39, 0.29) is 11.2 Å². The molecule has 16 heavy (non-hydrogen) atoms. The number of ether oxygens (including phenoxy) is 1. The van der Waals surface area contributed by atoms with E-state index in [1.165, 1.54) is 6.07 Å². The maximum atomic E-state index is 5.72. The Hall–Kier alpha value is -1.81. The lowest BCUT2D eigenvalue weighted by atomic mass is 10.2. The third-order valence-corrected chi connectivity index (χ3v) is 2.10. The van der Waals surface area contributed by atoms with Crippen LogP contribution in [0, 0.1) is 0 Å². The molecule has 2 N–H and O–H groups in total. The highest BCUT2D eigenvalue weighted by molar-refractivity contribution is 6.29. The number of rotatable bonds is 3. The molecule has 2 aromatic rings. The summed E-state index contributed by atoms with van der Waals surface area (Å²) >= 11 is 5.72. The van der Waals surface area contributed by atoms with Crippen molar-refractivity contribution in [1.82, 2.24) is 9.97 Å². The molecule has 0 bridgehead atoms. The van der Waals surface area contributed by atoms with Crippen LogP contribution in [-0.4, -0.2) is 9.97 Å². The average Bonchev–Trinajstić information content (AvgIpc) is 2.27. The van der Waals surface area contributed by atoms with Gasteiger partial charge in [-0.1, -0.05) is 41.9 Å². The summed E-state index contributed by atoms with van der Waals surface area (Å²) < 4.78 is 5.37. The van der Waals surface area contributed by atoms with E-state index >= 15 is 0 Å². The van der Waals surface area contributed by atoms with Crippen molar-refractivity contribution < 1.29 is 4.74 Å². The Balaban J connectivity index is 2.05. The van der Waals surface area contributed by atoms with Crippen molar-refractivity contribution in [1.29, 1.82) is 0 Å². The minimum absolute atomic E-state index is 0.189. The Labute approximate surface area is 98.0 Å². The van der Waals surface area contributed by atoms with Crippen LogP contribution < -0.4 is 10.5 Å². The number of halogens is 1. The zero-order chi connectivity index (χ0) is 11.4. The highest BCUT2D eigenvalue weighted by atomic mass is 35.5. The van der Waals surface area contributed by atoms with Gasteiger partial charge in [-0.15, -0.1) is 0 Å². The van der Waals surface area contributed by atoms with E-state index in [2.05, 4.69) is 9.97 Å². The fraction of sp³-hybridized carbons (Fsp3) is 0.0909. The van der Waals surface area contributed by atoms with Gasteiger partial charge in [-0.2, -0.15) is 9.97 Å². The van der Waals surface area contributed by atoms with Crippen LogP contribution in [-0.2, 0) is 6.61 Å². The van der Waals surface area contributed by atoms with Crippen molar-refractivity contribution in [3.05, 3.63) is 47.1 Å². The molecule has 0 spiro atoms. The van der Waals surface area contributed by atoms with Crippen molar-refractivity contribution in [2.24, 2.45) is 0 Å². The minimum Gasteiger partial charge on any atom is -0.459 e. The van der Waals surface area contributed by atoms with Gasteiger partial charge in [-0.3, -0.25) is 0 Å². The first-order valence-corrected chi connectivity index (χ1v) is 5.08. The van der Waals surface area contributed by atoms with Crippen LogP contribution in [0.25, 0.3) is 0 Å². The molecule has 5 heteroatoms. The second-order valence-corrected chi connectivity index (χ2v) is 3.56. The molecule has 0 saturated heterocycles. The molecule has 0 aliphatic rings. The topological polar surface area (TPSA) is 61.0 Å². The van der Waals surface area contributed by atoms with E-state index < -0.39 is 0 Å². The van der Waals surface area contributed by atoms with Gasteiger partial charge in [0.25, 0.3) is 0 Å². The van der Waals surface area contributed by atoms with Crippen molar-refractivity contribution in [3.8, 4) is 6.01 Å². The van der Waals surface area contributed by atoms with E-state index in [4.69, 9.17) is 22.1 Å². The van der Waals surface area contributed by atoms with Gasteiger partial charge in [0, 0.05) is 6.07 Å². The van der Waals surface area contributed by atoms with Gasteiger partial charge in [0.15, 0.2) is 0 Å². The first-order chi connectivity index (χ1) is 7.74. The Bertz CT molecular complexity index is 456. The highest BCUT2D eigenvalue weighted by Crippen LogP contribution is 2.14. The van der Waals surface area contributed by atoms with Gasteiger partial charge >= 0.3 is 6.01 Å². The summed E-state index contributed by atoms with van der Waals surface area (Å²) in [6, 6.07) is 11.4. The summed E-state index contributed by atoms with van der Waals surface area (Å²) in [5.74, 6) is 0.295. The Morgan fingerprint density at radius 2 is 1.94 bits per heavy atom. The van der Waals surface area contributed by atoms with Crippen LogP contribution in [0.1, 0.15) is 5.56 Å². The Morgan fingerprint density at radius 1 is 1.19 bits per heavy atom. The lowest BCUT2D eigenvalue weighted by Crippen LogP contribution is -2.01. The van der Waals surface area contributed by atoms with Gasteiger partial charge in [0.1, 0.15) is 17.6 Å². The first kappa shape index (κ1) is 10.7. The summed E-state index contributed by atoms with van der Waals surface area (Å²) in [7, 11) is 0. The van der Waals surface area contributed by atoms with E-state index in [1.54, 1.807) is 0 Å². The van der Waals surface area contributed by atoms with Gasteiger partial charge in [-0.25, -0.2) is 0 Å². The molecular formula is C11H10ClN3O. The third-order valence-electron chi connectivity index (χ3n) is 1.90. The van der Waals surface area contributed by atoms with Crippen molar-refractivity contribution >= 4 is 17.4 Å². The van der Waals surface area contributed by atoms with Crippen molar-refractivity contribution in [2.45, 2.75) is 6.61 Å². The number of benzene rings is 1. The van der Waals surface area contributed by atoms with Crippen molar-refractivity contribution in [3.63, 3.8) is 0 Å². The fourth-order valence-electron chi connectivity index (χ4n) is 1.20. The van der Waals surface area contributed by atoms with Gasteiger partial charge in [0.05, 0.1) is 0 Å². The van der Waals surface area contributed by atoms with E-state index in [0.717, 1.165) is 5.56 Å². The van der Waals surface area contributed by atoms with E-state index in [1.807, 2.05) is 30.3 Å². The number of nitrogens with zero attached hydrogens (tertiary/aromatic N) is 2. The molecule has 1 aromatic carbocycles. The molecular weight excluding hydrogens is 226 g/mol. The quantitative estimate of drug-likeness (QED) is 0.830. The molecule has 82 valence electrons. The predicted molar refractivity (Wildman–Crippen MR) is 62.2 cm³/mol. The van der Waals surface area contributed by atoms with Crippen LogP contribution in [0.4, 0.5) is 5.82 Å². The zero-order valence-corrected chi connectivity index (χ0v) is 9.19. The lowest BCUT2D eigenvalue weighted by molar-refractivity contribution is 0.281. The van der Waals surface area contributed by atoms with E-state index in [0.29, 0.717) is 12.4 Å². The lowest BCUT2D eigenvalue weighted by Gasteiger charge is -2.04. The van der Waals surface area contributed by atoms with Gasteiger partial charge in [-0.05, 0) is 5.56 Å².